The number of piperidine rings is 1. The van der Waals surface area contributed by atoms with Crippen LogP contribution < -0.4 is 5.32 Å². The predicted octanol–water partition coefficient (Wildman–Crippen LogP) is 4.43. The van der Waals surface area contributed by atoms with Gasteiger partial charge >= 0.3 is 0 Å². The molecule has 0 aliphatic carbocycles. The fraction of sp³-hybridized carbons (Fsp3) is 0.192. The molecule has 0 unspecified atom stereocenters. The molecule has 1 N–H and O–H groups in total. The lowest BCUT2D eigenvalue weighted by molar-refractivity contribution is 0.330. The number of aromatic nitrogens is 2. The molecule has 3 heterocycles. The molecule has 0 bridgehead atoms. The van der Waals surface area contributed by atoms with Gasteiger partial charge in [0.25, 0.3) is 0 Å². The van der Waals surface area contributed by atoms with Crippen LogP contribution in [-0.4, -0.2) is 41.8 Å². The maximum absolute atomic E-state index is 12.9. The lowest BCUT2D eigenvalue weighted by Gasteiger charge is -2.32. The van der Waals surface area contributed by atoms with E-state index in [2.05, 4.69) is 33.5 Å². The van der Waals surface area contributed by atoms with Gasteiger partial charge in [-0.1, -0.05) is 12.1 Å². The molecule has 0 amide bonds. The van der Waals surface area contributed by atoms with Gasteiger partial charge in [0.05, 0.1) is 11.6 Å². The Morgan fingerprint density at radius 1 is 0.941 bits per heavy atom. The first kappa shape index (κ1) is 22.0. The zero-order chi connectivity index (χ0) is 23.5. The van der Waals surface area contributed by atoms with Gasteiger partial charge in [-0.3, -0.25) is 9.97 Å². The van der Waals surface area contributed by atoms with Crippen LogP contribution >= 0.6 is 0 Å². The monoisotopic (exact) mass is 469 g/mol. The molecule has 4 aromatic rings. The number of hydrogen-bond donors (Lipinski definition) is 1. The summed E-state index contributed by atoms with van der Waals surface area (Å²) in [7, 11) is -3.54. The standard InChI is InChI=1S/C26H23N5O2S/c27-16-19-3-1-4-20(13-19)22-14-21-6-10-29-18-25(21)26(15-22)30-23-7-11-31(12-8-23)34(32,33)24-5-2-9-28-17-24/h1-6,9-10,13-15,17-18,23,30H,7-8,11-12H2. The van der Waals surface area contributed by atoms with Crippen LogP contribution in [0.3, 0.4) is 0 Å². The minimum Gasteiger partial charge on any atom is -0.382 e. The average molecular weight is 470 g/mol. The van der Waals surface area contributed by atoms with E-state index in [0.29, 0.717) is 31.5 Å². The summed E-state index contributed by atoms with van der Waals surface area (Å²) in [6.45, 7) is 0.879. The maximum atomic E-state index is 12.9. The molecule has 1 saturated heterocycles. The maximum Gasteiger partial charge on any atom is 0.244 e. The predicted molar refractivity (Wildman–Crippen MR) is 132 cm³/mol. The van der Waals surface area contributed by atoms with Crippen molar-refractivity contribution in [3.8, 4) is 17.2 Å². The van der Waals surface area contributed by atoms with E-state index < -0.39 is 10.0 Å². The molecule has 1 aliphatic heterocycles. The lowest BCUT2D eigenvalue weighted by atomic mass is 9.98. The van der Waals surface area contributed by atoms with Crippen LogP contribution in [0.1, 0.15) is 18.4 Å². The Balaban J connectivity index is 1.39. The molecule has 2 aromatic heterocycles. The highest BCUT2D eigenvalue weighted by molar-refractivity contribution is 7.89. The van der Waals surface area contributed by atoms with E-state index >= 15 is 0 Å². The van der Waals surface area contributed by atoms with Gasteiger partial charge in [0.15, 0.2) is 0 Å². The third-order valence-corrected chi connectivity index (χ3v) is 8.05. The first-order chi connectivity index (χ1) is 16.5. The summed E-state index contributed by atoms with van der Waals surface area (Å²) in [5, 5.41) is 15.0. The van der Waals surface area contributed by atoms with Crippen molar-refractivity contribution in [2.45, 2.75) is 23.8 Å². The number of nitrogens with zero attached hydrogens (tertiary/aromatic N) is 4. The Kier molecular flexibility index (Phi) is 5.97. The molecule has 2 aromatic carbocycles. The molecule has 34 heavy (non-hydrogen) atoms. The van der Waals surface area contributed by atoms with Crippen molar-refractivity contribution >= 4 is 26.5 Å². The summed E-state index contributed by atoms with van der Waals surface area (Å²) < 4.78 is 27.4. The Labute approximate surface area is 198 Å². The molecular formula is C26H23N5O2S. The number of sulfonamides is 1. The number of pyridine rings is 2. The average Bonchev–Trinajstić information content (AvgIpc) is 2.89. The van der Waals surface area contributed by atoms with E-state index in [4.69, 9.17) is 0 Å². The molecule has 1 fully saturated rings. The molecule has 0 spiro atoms. The second-order valence-corrected chi connectivity index (χ2v) is 10.3. The van der Waals surface area contributed by atoms with Crippen molar-refractivity contribution in [1.82, 2.24) is 14.3 Å². The second kappa shape index (κ2) is 9.21. The second-order valence-electron chi connectivity index (χ2n) is 8.32. The minimum atomic E-state index is -3.54. The zero-order valence-electron chi connectivity index (χ0n) is 18.4. The number of benzene rings is 2. The number of rotatable bonds is 5. The molecule has 5 rings (SSSR count). The highest BCUT2D eigenvalue weighted by atomic mass is 32.2. The SMILES string of the molecule is N#Cc1cccc(-c2cc(NC3CCN(S(=O)(=O)c4cccnc4)CC3)c3cnccc3c2)c1. The fourth-order valence-electron chi connectivity index (χ4n) is 4.36. The number of hydrogen-bond acceptors (Lipinski definition) is 6. The highest BCUT2D eigenvalue weighted by Gasteiger charge is 2.29. The van der Waals surface area contributed by atoms with E-state index in [1.54, 1.807) is 30.6 Å². The zero-order valence-corrected chi connectivity index (χ0v) is 19.2. The van der Waals surface area contributed by atoms with Gasteiger partial charge in [0, 0.05) is 55.0 Å². The largest absolute Gasteiger partial charge is 0.382 e. The van der Waals surface area contributed by atoms with E-state index in [0.717, 1.165) is 27.6 Å². The topological polar surface area (TPSA) is 99.0 Å². The molecule has 8 heteroatoms. The quantitative estimate of drug-likeness (QED) is 0.464. The molecule has 0 saturated carbocycles. The van der Waals surface area contributed by atoms with Gasteiger partial charge < -0.3 is 5.32 Å². The van der Waals surface area contributed by atoms with Gasteiger partial charge in [-0.25, -0.2) is 8.42 Å². The molecule has 7 nitrogen and oxygen atoms in total. The van der Waals surface area contributed by atoms with Crippen LogP contribution in [-0.2, 0) is 10.0 Å². The van der Waals surface area contributed by atoms with Crippen LogP contribution in [0, 0.1) is 11.3 Å². The van der Waals surface area contributed by atoms with Crippen LogP contribution in [0.25, 0.3) is 21.9 Å². The molecule has 0 radical (unpaired) electrons. The Bertz CT molecular complexity index is 1470. The highest BCUT2D eigenvalue weighted by Crippen LogP contribution is 2.32. The van der Waals surface area contributed by atoms with Crippen LogP contribution in [0.15, 0.2) is 84.3 Å². The smallest absolute Gasteiger partial charge is 0.244 e. The van der Waals surface area contributed by atoms with Gasteiger partial charge in [-0.15, -0.1) is 0 Å². The first-order valence-electron chi connectivity index (χ1n) is 11.1. The number of nitrogens with one attached hydrogen (secondary N) is 1. The molecular weight excluding hydrogens is 446 g/mol. The summed E-state index contributed by atoms with van der Waals surface area (Å²) in [5.41, 5.74) is 3.55. The number of nitriles is 1. The van der Waals surface area contributed by atoms with Crippen LogP contribution in [0.5, 0.6) is 0 Å². The normalized spacial score (nSPS) is 15.1. The Hall–Kier alpha value is -3.80. The third-order valence-electron chi connectivity index (χ3n) is 6.17. The Morgan fingerprint density at radius 2 is 1.76 bits per heavy atom. The summed E-state index contributed by atoms with van der Waals surface area (Å²) in [6, 6.07) is 19.3. The van der Waals surface area contributed by atoms with Crippen LogP contribution in [0.2, 0.25) is 0 Å². The number of fused-ring (bicyclic) bond motifs is 1. The van der Waals surface area contributed by atoms with Crippen molar-refractivity contribution in [2.75, 3.05) is 18.4 Å². The number of anilines is 1. The molecule has 0 atom stereocenters. The molecule has 1 aliphatic rings. The van der Waals surface area contributed by atoms with E-state index in [1.165, 1.54) is 10.5 Å². The van der Waals surface area contributed by atoms with Gasteiger partial charge in [0.2, 0.25) is 10.0 Å². The summed E-state index contributed by atoms with van der Waals surface area (Å²) in [4.78, 5) is 8.47. The first-order valence-corrected chi connectivity index (χ1v) is 12.5. The van der Waals surface area contributed by atoms with Gasteiger partial charge in [-0.2, -0.15) is 9.57 Å². The van der Waals surface area contributed by atoms with E-state index in [1.807, 2.05) is 30.5 Å². The van der Waals surface area contributed by atoms with Gasteiger partial charge in [-0.05, 0) is 71.8 Å². The van der Waals surface area contributed by atoms with Crippen molar-refractivity contribution in [1.29, 1.82) is 5.26 Å². The minimum absolute atomic E-state index is 0.129. The fourth-order valence-corrected chi connectivity index (χ4v) is 5.80. The van der Waals surface area contributed by atoms with Crippen molar-refractivity contribution in [3.05, 3.63) is 84.9 Å². The lowest BCUT2D eigenvalue weighted by Crippen LogP contribution is -2.42. The van der Waals surface area contributed by atoms with Gasteiger partial charge in [0.1, 0.15) is 4.90 Å². The summed E-state index contributed by atoms with van der Waals surface area (Å²) in [6.07, 6.45) is 7.95. The molecule has 170 valence electrons. The van der Waals surface area contributed by atoms with Crippen molar-refractivity contribution in [3.63, 3.8) is 0 Å². The van der Waals surface area contributed by atoms with E-state index in [9.17, 15) is 13.7 Å². The van der Waals surface area contributed by atoms with Crippen molar-refractivity contribution in [2.24, 2.45) is 0 Å². The van der Waals surface area contributed by atoms with Crippen LogP contribution in [0.4, 0.5) is 5.69 Å². The third kappa shape index (κ3) is 4.36. The Morgan fingerprint density at radius 3 is 2.53 bits per heavy atom. The summed E-state index contributed by atoms with van der Waals surface area (Å²) in [5.74, 6) is 0. The van der Waals surface area contributed by atoms with Crippen molar-refractivity contribution < 1.29 is 8.42 Å². The summed E-state index contributed by atoms with van der Waals surface area (Å²) >= 11 is 0. The van der Waals surface area contributed by atoms with E-state index in [-0.39, 0.29) is 10.9 Å².